The minimum absolute atomic E-state index is 0.622. The molecule has 0 radical (unpaired) electrons. The summed E-state index contributed by atoms with van der Waals surface area (Å²) < 4.78 is 0. The van der Waals surface area contributed by atoms with Gasteiger partial charge < -0.3 is 10.2 Å². The third kappa shape index (κ3) is 2.44. The summed E-state index contributed by atoms with van der Waals surface area (Å²) in [5.41, 5.74) is 3.48. The first-order chi connectivity index (χ1) is 10.3. The van der Waals surface area contributed by atoms with Gasteiger partial charge in [-0.05, 0) is 56.5 Å². The van der Waals surface area contributed by atoms with Crippen LogP contribution in [0, 0.1) is 0 Å². The van der Waals surface area contributed by atoms with Crippen LogP contribution in [-0.4, -0.2) is 40.3 Å². The molecule has 0 spiro atoms. The van der Waals surface area contributed by atoms with Crippen LogP contribution in [0.2, 0.25) is 0 Å². The topological polar surface area (TPSA) is 44.0 Å². The van der Waals surface area contributed by atoms with E-state index in [1.807, 2.05) is 6.07 Å². The molecule has 0 saturated carbocycles. The normalized spacial score (nSPS) is 28.7. The fourth-order valence-electron chi connectivity index (χ4n) is 3.93. The Kier molecular flexibility index (Phi) is 3.19. The average Bonchev–Trinajstić information content (AvgIpc) is 3.08. The molecule has 2 atom stereocenters. The fraction of sp³-hybridized carbons (Fsp3) is 0.471. The molecule has 2 saturated heterocycles. The van der Waals surface area contributed by atoms with Crippen molar-refractivity contribution in [3.05, 3.63) is 36.5 Å². The lowest BCUT2D eigenvalue weighted by molar-refractivity contribution is 0.169. The maximum Gasteiger partial charge on any atom is 0.0650 e. The molecule has 4 heteroatoms. The number of nitrogens with zero attached hydrogens (tertiary/aromatic N) is 2. The van der Waals surface area contributed by atoms with Gasteiger partial charge in [0.2, 0.25) is 0 Å². The first-order valence-electron chi connectivity index (χ1n) is 7.88. The summed E-state index contributed by atoms with van der Waals surface area (Å²) in [4.78, 5) is 2.58. The number of rotatable bonds is 3. The molecule has 1 aromatic heterocycles. The van der Waals surface area contributed by atoms with Gasteiger partial charge in [0.05, 0.1) is 5.69 Å². The number of piperidine rings is 1. The van der Waals surface area contributed by atoms with Crippen LogP contribution in [0.1, 0.15) is 25.7 Å². The first-order valence-corrected chi connectivity index (χ1v) is 7.88. The van der Waals surface area contributed by atoms with Gasteiger partial charge >= 0.3 is 0 Å². The largest absolute Gasteiger partial charge is 0.382 e. The third-order valence-corrected chi connectivity index (χ3v) is 5.17. The van der Waals surface area contributed by atoms with Crippen LogP contribution in [0.3, 0.4) is 0 Å². The minimum Gasteiger partial charge on any atom is -0.382 e. The highest BCUT2D eigenvalue weighted by atomic mass is 15.2. The Labute approximate surface area is 125 Å². The SMILES string of the molecule is CN1C2CCC1CC(Nc1ccc(-c3ccn[nH]3)cc1)C2. The van der Waals surface area contributed by atoms with E-state index in [-0.39, 0.29) is 0 Å². The monoisotopic (exact) mass is 282 g/mol. The molecule has 2 bridgehead atoms. The molecule has 21 heavy (non-hydrogen) atoms. The molecule has 0 amide bonds. The van der Waals surface area contributed by atoms with E-state index in [2.05, 4.69) is 51.7 Å². The zero-order valence-electron chi connectivity index (χ0n) is 12.4. The molecule has 4 rings (SSSR count). The zero-order valence-corrected chi connectivity index (χ0v) is 12.4. The first kappa shape index (κ1) is 12.9. The molecule has 3 heterocycles. The molecule has 1 aromatic carbocycles. The second-order valence-corrected chi connectivity index (χ2v) is 6.41. The van der Waals surface area contributed by atoms with E-state index >= 15 is 0 Å². The summed E-state index contributed by atoms with van der Waals surface area (Å²) in [5.74, 6) is 0. The van der Waals surface area contributed by atoms with Gasteiger partial charge in [-0.2, -0.15) is 5.10 Å². The summed E-state index contributed by atoms with van der Waals surface area (Å²) in [6.07, 6.45) is 7.08. The molecule has 110 valence electrons. The number of benzene rings is 1. The second-order valence-electron chi connectivity index (χ2n) is 6.41. The molecular formula is C17H22N4. The summed E-state index contributed by atoms with van der Waals surface area (Å²) in [7, 11) is 2.29. The molecule has 2 aliphatic rings. The van der Waals surface area contributed by atoms with Crippen molar-refractivity contribution in [2.75, 3.05) is 12.4 Å². The van der Waals surface area contributed by atoms with Crippen LogP contribution in [-0.2, 0) is 0 Å². The van der Waals surface area contributed by atoms with E-state index in [1.165, 1.54) is 36.9 Å². The Bertz CT molecular complexity index is 576. The molecular weight excluding hydrogens is 260 g/mol. The van der Waals surface area contributed by atoms with Gasteiger partial charge in [-0.25, -0.2) is 0 Å². The van der Waals surface area contributed by atoms with Crippen molar-refractivity contribution in [2.24, 2.45) is 0 Å². The lowest BCUT2D eigenvalue weighted by Crippen LogP contribution is -2.44. The highest BCUT2D eigenvalue weighted by Gasteiger charge is 2.38. The molecule has 0 aliphatic carbocycles. The lowest BCUT2D eigenvalue weighted by atomic mass is 9.97. The van der Waals surface area contributed by atoms with E-state index in [0.717, 1.165) is 17.8 Å². The number of nitrogens with one attached hydrogen (secondary N) is 2. The maximum atomic E-state index is 4.00. The van der Waals surface area contributed by atoms with Gasteiger partial charge in [-0.15, -0.1) is 0 Å². The summed E-state index contributed by atoms with van der Waals surface area (Å²) in [6.45, 7) is 0. The molecule has 2 aliphatic heterocycles. The summed E-state index contributed by atoms with van der Waals surface area (Å²) >= 11 is 0. The Balaban J connectivity index is 1.44. The lowest BCUT2D eigenvalue weighted by Gasteiger charge is -2.37. The van der Waals surface area contributed by atoms with Crippen molar-refractivity contribution in [3.8, 4) is 11.3 Å². The van der Waals surface area contributed by atoms with Crippen LogP contribution < -0.4 is 5.32 Å². The van der Waals surface area contributed by atoms with Gasteiger partial charge in [0.15, 0.2) is 0 Å². The van der Waals surface area contributed by atoms with Crippen molar-refractivity contribution in [3.63, 3.8) is 0 Å². The molecule has 2 aromatic rings. The molecule has 2 unspecified atom stereocenters. The number of hydrogen-bond donors (Lipinski definition) is 2. The number of aromatic nitrogens is 2. The Hall–Kier alpha value is -1.81. The Morgan fingerprint density at radius 2 is 1.81 bits per heavy atom. The van der Waals surface area contributed by atoms with E-state index < -0.39 is 0 Å². The number of anilines is 1. The average molecular weight is 282 g/mol. The van der Waals surface area contributed by atoms with E-state index in [0.29, 0.717) is 6.04 Å². The van der Waals surface area contributed by atoms with Gasteiger partial charge in [0, 0.05) is 30.0 Å². The summed E-state index contributed by atoms with van der Waals surface area (Å²) in [6, 6.07) is 12.8. The van der Waals surface area contributed by atoms with Crippen molar-refractivity contribution in [1.29, 1.82) is 0 Å². The fourth-order valence-corrected chi connectivity index (χ4v) is 3.93. The van der Waals surface area contributed by atoms with Crippen molar-refractivity contribution >= 4 is 5.69 Å². The number of hydrogen-bond acceptors (Lipinski definition) is 3. The summed E-state index contributed by atoms with van der Waals surface area (Å²) in [5, 5.41) is 10.7. The predicted octanol–water partition coefficient (Wildman–Crippen LogP) is 3.11. The quantitative estimate of drug-likeness (QED) is 0.909. The smallest absolute Gasteiger partial charge is 0.0650 e. The van der Waals surface area contributed by atoms with Gasteiger partial charge in [0.1, 0.15) is 0 Å². The number of aromatic amines is 1. The third-order valence-electron chi connectivity index (χ3n) is 5.17. The van der Waals surface area contributed by atoms with E-state index in [1.54, 1.807) is 6.20 Å². The molecule has 2 N–H and O–H groups in total. The van der Waals surface area contributed by atoms with E-state index in [9.17, 15) is 0 Å². The van der Waals surface area contributed by atoms with Crippen LogP contribution in [0.4, 0.5) is 5.69 Å². The van der Waals surface area contributed by atoms with Gasteiger partial charge in [-0.1, -0.05) is 12.1 Å². The highest BCUT2D eigenvalue weighted by molar-refractivity contribution is 5.62. The van der Waals surface area contributed by atoms with E-state index in [4.69, 9.17) is 0 Å². The maximum absolute atomic E-state index is 4.00. The second kappa shape index (κ2) is 5.19. The standard InChI is InChI=1S/C17H22N4/c1-21-15-6-7-16(21)11-14(10-15)19-13-4-2-12(3-5-13)17-8-9-18-20-17/h2-5,8-9,14-16,19H,6-7,10-11H2,1H3,(H,18,20). The van der Waals surface area contributed by atoms with Crippen LogP contribution >= 0.6 is 0 Å². The predicted molar refractivity (Wildman–Crippen MR) is 85.2 cm³/mol. The van der Waals surface area contributed by atoms with Crippen molar-refractivity contribution < 1.29 is 0 Å². The number of fused-ring (bicyclic) bond motifs is 2. The van der Waals surface area contributed by atoms with Crippen LogP contribution in [0.25, 0.3) is 11.3 Å². The van der Waals surface area contributed by atoms with Gasteiger partial charge in [-0.3, -0.25) is 5.10 Å². The zero-order chi connectivity index (χ0) is 14.2. The minimum atomic E-state index is 0.622. The van der Waals surface area contributed by atoms with Crippen LogP contribution in [0.5, 0.6) is 0 Å². The van der Waals surface area contributed by atoms with Gasteiger partial charge in [0.25, 0.3) is 0 Å². The number of H-pyrrole nitrogens is 1. The molecule has 2 fully saturated rings. The highest BCUT2D eigenvalue weighted by Crippen LogP contribution is 2.35. The Morgan fingerprint density at radius 3 is 2.43 bits per heavy atom. The van der Waals surface area contributed by atoms with Crippen molar-refractivity contribution in [2.45, 2.75) is 43.8 Å². The van der Waals surface area contributed by atoms with Crippen molar-refractivity contribution in [1.82, 2.24) is 15.1 Å². The Morgan fingerprint density at radius 1 is 1.10 bits per heavy atom. The molecule has 4 nitrogen and oxygen atoms in total. The van der Waals surface area contributed by atoms with Crippen LogP contribution in [0.15, 0.2) is 36.5 Å².